The summed E-state index contributed by atoms with van der Waals surface area (Å²) >= 11 is 0. The van der Waals surface area contributed by atoms with E-state index in [-0.39, 0.29) is 44.2 Å². The van der Waals surface area contributed by atoms with E-state index < -0.39 is 0 Å². The number of anilines is 5. The zero-order valence-corrected chi connectivity index (χ0v) is 35.6. The van der Waals surface area contributed by atoms with Gasteiger partial charge in [0, 0.05) is 101 Å². The van der Waals surface area contributed by atoms with Crippen molar-refractivity contribution in [1.29, 1.82) is 0 Å². The summed E-state index contributed by atoms with van der Waals surface area (Å²) in [4.78, 5) is 36.3. The molecule has 12 heteroatoms. The van der Waals surface area contributed by atoms with Gasteiger partial charge in [0.2, 0.25) is 0 Å². The van der Waals surface area contributed by atoms with E-state index in [0.29, 0.717) is 37.7 Å². The second-order valence-corrected chi connectivity index (χ2v) is 15.5. The van der Waals surface area contributed by atoms with Crippen LogP contribution < -0.4 is 38.7 Å². The maximum absolute atomic E-state index is 13.1. The van der Waals surface area contributed by atoms with Gasteiger partial charge in [-0.2, -0.15) is 0 Å². The summed E-state index contributed by atoms with van der Waals surface area (Å²) in [6, 6.07) is 35.1. The fourth-order valence-corrected chi connectivity index (χ4v) is 7.79. The number of methoxy groups -OCH3 is 2. The van der Waals surface area contributed by atoms with Gasteiger partial charge < -0.3 is 48.2 Å². The highest BCUT2D eigenvalue weighted by Gasteiger charge is 2.31. The number of nitrogens with zero attached hydrogens (tertiary/aromatic N) is 5. The van der Waals surface area contributed by atoms with Crippen LogP contribution in [0.2, 0.25) is 0 Å². The Bertz CT molecular complexity index is 2240. The molecular weight excluding hydrogens is 759 g/mol. The summed E-state index contributed by atoms with van der Waals surface area (Å²) in [5, 5.41) is 0. The molecule has 0 bridgehead atoms. The maximum atomic E-state index is 13.1. The van der Waals surface area contributed by atoms with Gasteiger partial charge in [0.05, 0.1) is 25.6 Å². The molecule has 0 aromatic heterocycles. The Balaban J connectivity index is 1.33. The van der Waals surface area contributed by atoms with Crippen LogP contribution in [0.25, 0.3) is 0 Å². The Labute approximate surface area is 353 Å². The van der Waals surface area contributed by atoms with Gasteiger partial charge in [-0.1, -0.05) is 42.5 Å². The van der Waals surface area contributed by atoms with Crippen molar-refractivity contribution in [3.8, 4) is 23.0 Å². The summed E-state index contributed by atoms with van der Waals surface area (Å²) < 4.78 is 30.2. The molecule has 12 nitrogen and oxygen atoms in total. The molecule has 60 heavy (non-hydrogen) atoms. The number of hydrogen-bond donors (Lipinski definition) is 0. The Morgan fingerprint density at radius 1 is 0.617 bits per heavy atom. The number of carbonyl (C=O) groups excluding carboxylic acids is 2. The minimum absolute atomic E-state index is 0.00802. The number of aryl methyl sites for hydroxylation is 1. The fraction of sp³-hybridized carbons (Fsp3) is 0.333. The van der Waals surface area contributed by atoms with Gasteiger partial charge >= 0.3 is 11.9 Å². The molecule has 7 rings (SSSR count). The zero-order valence-electron chi connectivity index (χ0n) is 35.6. The number of benzene rings is 5. The molecule has 2 aliphatic rings. The molecule has 2 aliphatic heterocycles. The lowest BCUT2D eigenvalue weighted by Crippen LogP contribution is -2.42. The summed E-state index contributed by atoms with van der Waals surface area (Å²) in [5.74, 6) is 1.96. The lowest BCUT2D eigenvalue weighted by atomic mass is 9.82. The molecule has 0 amide bonds. The first-order chi connectivity index (χ1) is 29.0. The van der Waals surface area contributed by atoms with Crippen LogP contribution >= 0.6 is 0 Å². The van der Waals surface area contributed by atoms with Gasteiger partial charge in [0.25, 0.3) is 0 Å². The summed E-state index contributed by atoms with van der Waals surface area (Å²) in [7, 11) is 10.9. The lowest BCUT2D eigenvalue weighted by molar-refractivity contribution is -0.139. The van der Waals surface area contributed by atoms with Gasteiger partial charge in [-0.3, -0.25) is 9.59 Å². The first-order valence-electron chi connectivity index (χ1n) is 20.3. The van der Waals surface area contributed by atoms with Crippen molar-refractivity contribution >= 4 is 40.4 Å². The minimum atomic E-state index is -0.367. The van der Waals surface area contributed by atoms with Crippen molar-refractivity contribution in [3.05, 3.63) is 125 Å². The van der Waals surface area contributed by atoms with E-state index in [0.717, 1.165) is 62.2 Å². The van der Waals surface area contributed by atoms with Gasteiger partial charge in [-0.05, 0) is 66.6 Å². The average Bonchev–Trinajstić information content (AvgIpc) is 3.25. The smallest absolute Gasteiger partial charge is 0.325 e. The van der Waals surface area contributed by atoms with Crippen LogP contribution in [0.4, 0.5) is 28.4 Å². The highest BCUT2D eigenvalue weighted by atomic mass is 16.5. The standard InChI is InChI=1S/C48H55N5O7/c1-33-13-19-40-44(27-33)58-25-26-59-45-28-34(48-38-17-15-36(49(2)3)29-42(38)60-43-30-37(50(4)5)16-18-39(43)48)14-20-41(45)53(32-47(55)57-7)24-22-51(35-11-9-8-10-12-35)21-23-52(40)31-46(54)56-6/h8-20,27-30,48H,21-26,31-32H2,1-7H3. The topological polar surface area (TPSA) is 96.5 Å². The molecule has 0 N–H and O–H groups in total. The third-order valence-corrected chi connectivity index (χ3v) is 11.1. The number of para-hydroxylation sites is 1. The first kappa shape index (κ1) is 41.6. The third-order valence-electron chi connectivity index (χ3n) is 11.1. The van der Waals surface area contributed by atoms with Crippen LogP contribution in [0.15, 0.2) is 103 Å². The van der Waals surface area contributed by atoms with E-state index in [1.807, 2.05) is 87.4 Å². The SMILES string of the molecule is COC(=O)CN1CCN(c2ccccc2)CCN(CC(=O)OC)c2ccc(C3c4ccc(N(C)C)cc4Oc4cc(N(C)C)ccc43)cc2OCCOc2cc(C)ccc21. The second-order valence-electron chi connectivity index (χ2n) is 15.5. The number of ether oxygens (including phenoxy) is 5. The van der Waals surface area contributed by atoms with Crippen LogP contribution in [-0.2, 0) is 19.1 Å². The van der Waals surface area contributed by atoms with Gasteiger partial charge in [-0.25, -0.2) is 0 Å². The van der Waals surface area contributed by atoms with Crippen molar-refractivity contribution in [2.24, 2.45) is 0 Å². The molecular formula is C48H55N5O7. The van der Waals surface area contributed by atoms with E-state index in [4.69, 9.17) is 23.7 Å². The number of hydrogen-bond acceptors (Lipinski definition) is 12. The highest BCUT2D eigenvalue weighted by Crippen LogP contribution is 2.50. The lowest BCUT2D eigenvalue weighted by Gasteiger charge is -2.33. The Hall–Kier alpha value is -6.56. The molecule has 0 unspecified atom stereocenters. The van der Waals surface area contributed by atoms with Crippen LogP contribution in [-0.4, -0.2) is 107 Å². The molecule has 0 atom stereocenters. The third kappa shape index (κ3) is 9.33. The maximum Gasteiger partial charge on any atom is 0.325 e. The molecule has 0 radical (unpaired) electrons. The van der Waals surface area contributed by atoms with Crippen LogP contribution in [0.1, 0.15) is 28.2 Å². The summed E-state index contributed by atoms with van der Waals surface area (Å²) in [5.41, 5.74) is 8.75. The van der Waals surface area contributed by atoms with Crippen molar-refractivity contribution in [3.63, 3.8) is 0 Å². The average molecular weight is 814 g/mol. The molecule has 0 fully saturated rings. The molecule has 314 valence electrons. The first-order valence-corrected chi connectivity index (χ1v) is 20.3. The van der Waals surface area contributed by atoms with Crippen molar-refractivity contribution in [2.75, 3.05) is 119 Å². The highest BCUT2D eigenvalue weighted by molar-refractivity contribution is 5.78. The quantitative estimate of drug-likeness (QED) is 0.144. The molecule has 2 heterocycles. The molecule has 5 aromatic carbocycles. The van der Waals surface area contributed by atoms with Gasteiger partial charge in [0.1, 0.15) is 49.3 Å². The van der Waals surface area contributed by atoms with E-state index in [9.17, 15) is 9.59 Å². The Kier molecular flexibility index (Phi) is 12.9. The van der Waals surface area contributed by atoms with Gasteiger partial charge in [-0.15, -0.1) is 0 Å². The fourth-order valence-electron chi connectivity index (χ4n) is 7.79. The largest absolute Gasteiger partial charge is 0.488 e. The van der Waals surface area contributed by atoms with Crippen molar-refractivity contribution in [2.45, 2.75) is 12.8 Å². The van der Waals surface area contributed by atoms with Crippen LogP contribution in [0.3, 0.4) is 0 Å². The second kappa shape index (κ2) is 18.6. The summed E-state index contributed by atoms with van der Waals surface area (Å²) in [6.07, 6.45) is 0. The number of fused-ring (bicyclic) bond motifs is 4. The molecule has 0 saturated carbocycles. The Morgan fingerprint density at radius 3 is 1.65 bits per heavy atom. The van der Waals surface area contributed by atoms with E-state index in [1.54, 1.807) is 0 Å². The van der Waals surface area contributed by atoms with Gasteiger partial charge in [0.15, 0.2) is 0 Å². The number of rotatable bonds is 8. The normalized spacial score (nSPS) is 14.3. The predicted octanol–water partition coefficient (Wildman–Crippen LogP) is 7.35. The number of esters is 2. The molecule has 0 spiro atoms. The monoisotopic (exact) mass is 813 g/mol. The summed E-state index contributed by atoms with van der Waals surface area (Å²) in [6.45, 7) is 4.58. The zero-order chi connectivity index (χ0) is 42.3. The molecule has 5 aromatic rings. The molecule has 0 saturated heterocycles. The Morgan fingerprint density at radius 2 is 1.13 bits per heavy atom. The number of carbonyl (C=O) groups is 2. The van der Waals surface area contributed by atoms with Crippen molar-refractivity contribution in [1.82, 2.24) is 0 Å². The van der Waals surface area contributed by atoms with E-state index >= 15 is 0 Å². The predicted molar refractivity (Wildman–Crippen MR) is 238 cm³/mol. The van der Waals surface area contributed by atoms with Crippen LogP contribution in [0, 0.1) is 6.92 Å². The van der Waals surface area contributed by atoms with Crippen LogP contribution in [0.5, 0.6) is 23.0 Å². The van der Waals surface area contributed by atoms with E-state index in [2.05, 4.69) is 75.4 Å². The molecule has 0 aliphatic carbocycles. The minimum Gasteiger partial charge on any atom is -0.488 e. The van der Waals surface area contributed by atoms with Crippen molar-refractivity contribution < 1.29 is 33.3 Å². The van der Waals surface area contributed by atoms with E-state index in [1.165, 1.54) is 14.2 Å².